The molecule has 27 heavy (non-hydrogen) atoms. The molecule has 2 heterocycles. The number of nitrogens with one attached hydrogen (secondary N) is 1. The van der Waals surface area contributed by atoms with E-state index in [-0.39, 0.29) is 5.91 Å². The van der Waals surface area contributed by atoms with Crippen LogP contribution in [0.15, 0.2) is 42.5 Å². The number of nitrogens with zero attached hydrogens (tertiary/aromatic N) is 2. The second-order valence-electron chi connectivity index (χ2n) is 6.84. The van der Waals surface area contributed by atoms with Crippen LogP contribution in [0.5, 0.6) is 0 Å². The number of rotatable bonds is 4. The summed E-state index contributed by atoms with van der Waals surface area (Å²) in [4.78, 5) is 19.4. The van der Waals surface area contributed by atoms with Crippen molar-refractivity contribution in [1.29, 1.82) is 0 Å². The van der Waals surface area contributed by atoms with E-state index in [1.165, 1.54) is 5.69 Å². The van der Waals surface area contributed by atoms with Crippen LogP contribution in [-0.4, -0.2) is 37.2 Å². The number of carbonyl (C=O) groups excluding carboxylic acids is 1. The molecule has 2 aromatic carbocycles. The number of benzene rings is 2. The van der Waals surface area contributed by atoms with Crippen LogP contribution in [0.4, 0.5) is 11.4 Å². The standard InChI is InChI=1S/C21H23N3O2S/c1-14-22-19-8-3-15(13-20(19)27-14)21(25)23-16-4-6-17(7-5-16)24-11-9-18(26-2)10-12-24/h3-8,13,18H,9-12H2,1-2H3,(H,23,25). The molecule has 0 radical (unpaired) electrons. The first-order valence-corrected chi connectivity index (χ1v) is 10.0. The van der Waals surface area contributed by atoms with Gasteiger partial charge >= 0.3 is 0 Å². The zero-order valence-electron chi connectivity index (χ0n) is 15.6. The van der Waals surface area contributed by atoms with Crippen LogP contribution in [0.25, 0.3) is 10.2 Å². The second kappa shape index (κ2) is 7.66. The van der Waals surface area contributed by atoms with E-state index in [9.17, 15) is 4.79 Å². The van der Waals surface area contributed by atoms with Crippen molar-refractivity contribution in [3.8, 4) is 0 Å². The fraction of sp³-hybridized carbons (Fsp3) is 0.333. The second-order valence-corrected chi connectivity index (χ2v) is 8.07. The van der Waals surface area contributed by atoms with Gasteiger partial charge in [0.25, 0.3) is 5.91 Å². The maximum absolute atomic E-state index is 12.6. The number of ether oxygens (including phenoxy) is 1. The van der Waals surface area contributed by atoms with Gasteiger partial charge in [0.05, 0.1) is 21.3 Å². The smallest absolute Gasteiger partial charge is 0.255 e. The number of aromatic nitrogens is 1. The number of anilines is 2. The summed E-state index contributed by atoms with van der Waals surface area (Å²) in [6, 6.07) is 13.7. The Morgan fingerprint density at radius 2 is 1.93 bits per heavy atom. The largest absolute Gasteiger partial charge is 0.381 e. The summed E-state index contributed by atoms with van der Waals surface area (Å²) < 4.78 is 6.47. The Labute approximate surface area is 163 Å². The van der Waals surface area contributed by atoms with E-state index >= 15 is 0 Å². The molecule has 1 aliphatic heterocycles. The Morgan fingerprint density at radius 1 is 1.19 bits per heavy atom. The highest BCUT2D eigenvalue weighted by Gasteiger charge is 2.18. The minimum atomic E-state index is -0.100. The van der Waals surface area contributed by atoms with Crippen molar-refractivity contribution in [3.05, 3.63) is 53.0 Å². The molecule has 5 nitrogen and oxygen atoms in total. The van der Waals surface area contributed by atoms with Gasteiger partial charge in [0, 0.05) is 37.1 Å². The lowest BCUT2D eigenvalue weighted by Gasteiger charge is -2.33. The summed E-state index contributed by atoms with van der Waals surface area (Å²) in [6.07, 6.45) is 2.47. The summed E-state index contributed by atoms with van der Waals surface area (Å²) in [5, 5.41) is 3.99. The van der Waals surface area contributed by atoms with Crippen molar-refractivity contribution in [2.24, 2.45) is 0 Å². The van der Waals surface area contributed by atoms with Gasteiger partial charge in [-0.25, -0.2) is 4.98 Å². The number of fused-ring (bicyclic) bond motifs is 1. The van der Waals surface area contributed by atoms with Gasteiger partial charge in [0.2, 0.25) is 0 Å². The lowest BCUT2D eigenvalue weighted by atomic mass is 10.1. The Balaban J connectivity index is 1.42. The van der Waals surface area contributed by atoms with Crippen LogP contribution in [0.3, 0.4) is 0 Å². The minimum Gasteiger partial charge on any atom is -0.381 e. The van der Waals surface area contributed by atoms with Crippen molar-refractivity contribution in [1.82, 2.24) is 4.98 Å². The van der Waals surface area contributed by atoms with E-state index in [1.54, 1.807) is 18.4 Å². The maximum Gasteiger partial charge on any atom is 0.255 e. The number of thiazole rings is 1. The molecule has 1 amide bonds. The van der Waals surface area contributed by atoms with Crippen LogP contribution in [-0.2, 0) is 4.74 Å². The van der Waals surface area contributed by atoms with Crippen LogP contribution < -0.4 is 10.2 Å². The van der Waals surface area contributed by atoms with Gasteiger partial charge in [-0.3, -0.25) is 4.79 Å². The van der Waals surface area contributed by atoms with Crippen LogP contribution in [0, 0.1) is 6.92 Å². The maximum atomic E-state index is 12.6. The molecule has 1 fully saturated rings. The highest BCUT2D eigenvalue weighted by atomic mass is 32.1. The summed E-state index contributed by atoms with van der Waals surface area (Å²) in [5.41, 5.74) is 3.58. The zero-order chi connectivity index (χ0) is 18.8. The average Bonchev–Trinajstić information content (AvgIpc) is 3.08. The molecule has 4 rings (SSSR count). The van der Waals surface area contributed by atoms with Gasteiger partial charge in [-0.05, 0) is 62.2 Å². The van der Waals surface area contributed by atoms with E-state index in [4.69, 9.17) is 4.74 Å². The van der Waals surface area contributed by atoms with Gasteiger partial charge in [0.1, 0.15) is 0 Å². The van der Waals surface area contributed by atoms with Gasteiger partial charge in [-0.15, -0.1) is 11.3 Å². The fourth-order valence-electron chi connectivity index (χ4n) is 3.49. The van der Waals surface area contributed by atoms with Crippen molar-refractivity contribution < 1.29 is 9.53 Å². The van der Waals surface area contributed by atoms with Crippen molar-refractivity contribution in [3.63, 3.8) is 0 Å². The van der Waals surface area contributed by atoms with Gasteiger partial charge in [-0.1, -0.05) is 0 Å². The first kappa shape index (κ1) is 17.9. The lowest BCUT2D eigenvalue weighted by molar-refractivity contribution is 0.0819. The molecule has 1 aromatic heterocycles. The molecule has 3 aromatic rings. The van der Waals surface area contributed by atoms with E-state index in [0.29, 0.717) is 11.7 Å². The minimum absolute atomic E-state index is 0.100. The Bertz CT molecular complexity index is 944. The molecular formula is C21H23N3O2S. The zero-order valence-corrected chi connectivity index (χ0v) is 16.4. The normalized spacial score (nSPS) is 15.3. The fourth-order valence-corrected chi connectivity index (χ4v) is 4.36. The number of methoxy groups -OCH3 is 1. The number of aryl methyl sites for hydroxylation is 1. The Hall–Kier alpha value is -2.44. The van der Waals surface area contributed by atoms with E-state index in [0.717, 1.165) is 46.8 Å². The third-order valence-electron chi connectivity index (χ3n) is 5.02. The number of hydrogen-bond donors (Lipinski definition) is 1. The molecule has 0 aliphatic carbocycles. The van der Waals surface area contributed by atoms with E-state index < -0.39 is 0 Å². The first-order chi connectivity index (χ1) is 13.1. The molecular weight excluding hydrogens is 358 g/mol. The number of piperidine rings is 1. The summed E-state index contributed by atoms with van der Waals surface area (Å²) in [5.74, 6) is -0.100. The number of hydrogen-bond acceptors (Lipinski definition) is 5. The summed E-state index contributed by atoms with van der Waals surface area (Å²) in [7, 11) is 1.78. The van der Waals surface area contributed by atoms with Crippen LogP contribution in [0.2, 0.25) is 0 Å². The topological polar surface area (TPSA) is 54.5 Å². The van der Waals surface area contributed by atoms with E-state index in [2.05, 4.69) is 27.3 Å². The Morgan fingerprint density at radius 3 is 2.63 bits per heavy atom. The van der Waals surface area contributed by atoms with Gasteiger partial charge < -0.3 is 15.0 Å². The summed E-state index contributed by atoms with van der Waals surface area (Å²) in [6.45, 7) is 3.97. The van der Waals surface area contributed by atoms with Crippen molar-refractivity contribution in [2.75, 3.05) is 30.4 Å². The molecule has 0 bridgehead atoms. The molecule has 0 saturated carbocycles. The van der Waals surface area contributed by atoms with E-state index in [1.807, 2.05) is 37.3 Å². The number of amides is 1. The van der Waals surface area contributed by atoms with Gasteiger partial charge in [0.15, 0.2) is 0 Å². The molecule has 1 N–H and O–H groups in total. The van der Waals surface area contributed by atoms with Crippen molar-refractivity contribution in [2.45, 2.75) is 25.9 Å². The highest BCUT2D eigenvalue weighted by Crippen LogP contribution is 2.25. The number of carbonyl (C=O) groups is 1. The molecule has 1 aliphatic rings. The van der Waals surface area contributed by atoms with Crippen LogP contribution >= 0.6 is 11.3 Å². The third kappa shape index (κ3) is 3.96. The average molecular weight is 382 g/mol. The van der Waals surface area contributed by atoms with Gasteiger partial charge in [-0.2, -0.15) is 0 Å². The monoisotopic (exact) mass is 381 g/mol. The molecule has 140 valence electrons. The molecule has 6 heteroatoms. The predicted octanol–water partition coefficient (Wildman–Crippen LogP) is 4.47. The first-order valence-electron chi connectivity index (χ1n) is 9.19. The van der Waals surface area contributed by atoms with Crippen LogP contribution in [0.1, 0.15) is 28.2 Å². The highest BCUT2D eigenvalue weighted by molar-refractivity contribution is 7.18. The van der Waals surface area contributed by atoms with Crippen molar-refractivity contribution >= 4 is 38.8 Å². The molecule has 0 unspecified atom stereocenters. The Kier molecular flexibility index (Phi) is 5.09. The molecule has 0 atom stereocenters. The summed E-state index contributed by atoms with van der Waals surface area (Å²) >= 11 is 1.60. The molecule has 1 saturated heterocycles. The SMILES string of the molecule is COC1CCN(c2ccc(NC(=O)c3ccc4nc(C)sc4c3)cc2)CC1. The third-order valence-corrected chi connectivity index (χ3v) is 5.96. The lowest BCUT2D eigenvalue weighted by Crippen LogP contribution is -2.36. The molecule has 0 spiro atoms. The predicted molar refractivity (Wildman–Crippen MR) is 111 cm³/mol. The quantitative estimate of drug-likeness (QED) is 0.724.